The minimum atomic E-state index is -0.0721. The highest BCUT2D eigenvalue weighted by atomic mass is 16.5. The SMILES string of the molecule is Cc1cc(C)c2onc(CC(=O)NCCCN3CCCC3=O)c2c1. The van der Waals surface area contributed by atoms with E-state index in [1.807, 2.05) is 30.9 Å². The Bertz CT molecular complexity index is 766. The molecular formula is C18H23N3O3. The second kappa shape index (κ2) is 7.03. The Morgan fingerprint density at radius 3 is 2.96 bits per heavy atom. The van der Waals surface area contributed by atoms with Gasteiger partial charge in [-0.3, -0.25) is 9.59 Å². The minimum absolute atomic E-state index is 0.0721. The number of carbonyl (C=O) groups excluding carboxylic acids is 2. The van der Waals surface area contributed by atoms with Gasteiger partial charge in [0.05, 0.1) is 6.42 Å². The average Bonchev–Trinajstić information content (AvgIpc) is 3.11. The number of amides is 2. The molecule has 0 atom stereocenters. The van der Waals surface area contributed by atoms with Crippen molar-refractivity contribution in [2.24, 2.45) is 0 Å². The van der Waals surface area contributed by atoms with Crippen LogP contribution >= 0.6 is 0 Å². The van der Waals surface area contributed by atoms with Crippen molar-refractivity contribution in [1.29, 1.82) is 0 Å². The molecule has 1 aromatic heterocycles. The first-order chi connectivity index (χ1) is 11.5. The summed E-state index contributed by atoms with van der Waals surface area (Å²) < 4.78 is 5.37. The van der Waals surface area contributed by atoms with Crippen molar-refractivity contribution in [3.05, 3.63) is 29.0 Å². The smallest absolute Gasteiger partial charge is 0.226 e. The van der Waals surface area contributed by atoms with E-state index in [0.717, 1.165) is 41.5 Å². The third-order valence-corrected chi connectivity index (χ3v) is 4.40. The van der Waals surface area contributed by atoms with Gasteiger partial charge < -0.3 is 14.7 Å². The number of hydrogen-bond donors (Lipinski definition) is 1. The molecule has 6 heteroatoms. The number of nitrogens with zero attached hydrogens (tertiary/aromatic N) is 2. The Morgan fingerprint density at radius 1 is 1.38 bits per heavy atom. The van der Waals surface area contributed by atoms with Gasteiger partial charge >= 0.3 is 0 Å². The fraction of sp³-hybridized carbons (Fsp3) is 0.500. The van der Waals surface area contributed by atoms with Crippen LogP contribution in [0, 0.1) is 13.8 Å². The Hall–Kier alpha value is -2.37. The van der Waals surface area contributed by atoms with Gasteiger partial charge in [0.25, 0.3) is 0 Å². The molecule has 128 valence electrons. The summed E-state index contributed by atoms with van der Waals surface area (Å²) in [5, 5.41) is 7.85. The molecule has 1 aromatic carbocycles. The maximum absolute atomic E-state index is 12.1. The fourth-order valence-electron chi connectivity index (χ4n) is 3.22. The molecule has 24 heavy (non-hydrogen) atoms. The monoisotopic (exact) mass is 329 g/mol. The predicted molar refractivity (Wildman–Crippen MR) is 90.6 cm³/mol. The zero-order valence-electron chi connectivity index (χ0n) is 14.2. The molecule has 0 radical (unpaired) electrons. The lowest BCUT2D eigenvalue weighted by molar-refractivity contribution is -0.127. The molecule has 2 heterocycles. The van der Waals surface area contributed by atoms with Gasteiger partial charge in [0.15, 0.2) is 5.58 Å². The van der Waals surface area contributed by atoms with E-state index in [1.54, 1.807) is 0 Å². The van der Waals surface area contributed by atoms with Gasteiger partial charge in [-0.25, -0.2) is 0 Å². The predicted octanol–water partition coefficient (Wildman–Crippen LogP) is 2.12. The van der Waals surface area contributed by atoms with Crippen LogP contribution in [-0.2, 0) is 16.0 Å². The van der Waals surface area contributed by atoms with Crippen LogP contribution in [0.15, 0.2) is 16.7 Å². The van der Waals surface area contributed by atoms with E-state index in [1.165, 1.54) is 0 Å². The van der Waals surface area contributed by atoms with Gasteiger partial charge in [0.2, 0.25) is 11.8 Å². The van der Waals surface area contributed by atoms with Crippen molar-refractivity contribution in [2.75, 3.05) is 19.6 Å². The Labute approximate surface area is 141 Å². The standard InChI is InChI=1S/C18H23N3O3/c1-12-9-13(2)18-14(10-12)15(20-24-18)11-16(22)19-6-4-8-21-7-3-5-17(21)23/h9-10H,3-8,11H2,1-2H3,(H,19,22). The van der Waals surface area contributed by atoms with Crippen molar-refractivity contribution in [2.45, 2.75) is 39.5 Å². The normalized spacial score (nSPS) is 14.6. The summed E-state index contributed by atoms with van der Waals surface area (Å²) in [6, 6.07) is 4.04. The van der Waals surface area contributed by atoms with Crippen LogP contribution in [0.1, 0.15) is 36.1 Å². The molecule has 1 aliphatic rings. The van der Waals surface area contributed by atoms with E-state index in [2.05, 4.69) is 10.5 Å². The number of nitrogens with one attached hydrogen (secondary N) is 1. The number of benzene rings is 1. The van der Waals surface area contributed by atoms with Crippen molar-refractivity contribution < 1.29 is 14.1 Å². The summed E-state index contributed by atoms with van der Waals surface area (Å²) in [6.45, 7) is 6.12. The summed E-state index contributed by atoms with van der Waals surface area (Å²) in [7, 11) is 0. The molecule has 1 N–H and O–H groups in total. The Balaban J connectivity index is 1.51. The molecule has 1 saturated heterocycles. The van der Waals surface area contributed by atoms with Crippen molar-refractivity contribution >= 4 is 22.8 Å². The molecule has 0 bridgehead atoms. The van der Waals surface area contributed by atoms with Crippen LogP contribution in [0.3, 0.4) is 0 Å². The van der Waals surface area contributed by atoms with Gasteiger partial charge in [-0.2, -0.15) is 0 Å². The van der Waals surface area contributed by atoms with E-state index in [0.29, 0.717) is 25.2 Å². The first-order valence-electron chi connectivity index (χ1n) is 8.44. The quantitative estimate of drug-likeness (QED) is 0.824. The topological polar surface area (TPSA) is 75.4 Å². The third-order valence-electron chi connectivity index (χ3n) is 4.40. The van der Waals surface area contributed by atoms with Crippen LogP contribution in [0.25, 0.3) is 11.0 Å². The Morgan fingerprint density at radius 2 is 2.21 bits per heavy atom. The second-order valence-corrected chi connectivity index (χ2v) is 6.45. The van der Waals surface area contributed by atoms with Crippen LogP contribution in [0.5, 0.6) is 0 Å². The zero-order valence-corrected chi connectivity index (χ0v) is 14.2. The lowest BCUT2D eigenvalue weighted by Crippen LogP contribution is -2.31. The first kappa shape index (κ1) is 16.5. The van der Waals surface area contributed by atoms with Gasteiger partial charge in [-0.15, -0.1) is 0 Å². The number of likely N-dealkylation sites (tertiary alicyclic amines) is 1. The van der Waals surface area contributed by atoms with Gasteiger partial charge in [-0.1, -0.05) is 11.2 Å². The molecule has 0 saturated carbocycles. The molecule has 0 unspecified atom stereocenters. The maximum Gasteiger partial charge on any atom is 0.226 e. The maximum atomic E-state index is 12.1. The molecule has 3 rings (SSSR count). The number of carbonyl (C=O) groups is 2. The van der Waals surface area contributed by atoms with E-state index in [9.17, 15) is 9.59 Å². The highest BCUT2D eigenvalue weighted by Gasteiger charge is 2.19. The van der Waals surface area contributed by atoms with Crippen molar-refractivity contribution in [1.82, 2.24) is 15.4 Å². The van der Waals surface area contributed by atoms with E-state index >= 15 is 0 Å². The molecule has 1 fully saturated rings. The van der Waals surface area contributed by atoms with Crippen LogP contribution < -0.4 is 5.32 Å². The highest BCUT2D eigenvalue weighted by Crippen LogP contribution is 2.24. The summed E-state index contributed by atoms with van der Waals surface area (Å²) in [6.07, 6.45) is 2.58. The van der Waals surface area contributed by atoms with Crippen LogP contribution in [0.2, 0.25) is 0 Å². The number of aromatic nitrogens is 1. The van der Waals surface area contributed by atoms with E-state index < -0.39 is 0 Å². The molecule has 2 amide bonds. The summed E-state index contributed by atoms with van der Waals surface area (Å²) in [5.41, 5.74) is 3.57. The van der Waals surface area contributed by atoms with Crippen molar-refractivity contribution in [3.8, 4) is 0 Å². The lowest BCUT2D eigenvalue weighted by atomic mass is 10.1. The third kappa shape index (κ3) is 3.58. The average molecular weight is 329 g/mol. The number of rotatable bonds is 6. The molecular weight excluding hydrogens is 306 g/mol. The molecule has 2 aromatic rings. The van der Waals surface area contributed by atoms with E-state index in [4.69, 9.17) is 4.52 Å². The molecule has 0 spiro atoms. The van der Waals surface area contributed by atoms with Gasteiger partial charge in [0, 0.05) is 31.4 Å². The molecule has 0 aliphatic carbocycles. The largest absolute Gasteiger partial charge is 0.356 e. The van der Waals surface area contributed by atoms with Crippen LogP contribution in [0.4, 0.5) is 0 Å². The lowest BCUT2D eigenvalue weighted by Gasteiger charge is -2.15. The fourth-order valence-corrected chi connectivity index (χ4v) is 3.22. The summed E-state index contributed by atoms with van der Waals surface area (Å²) >= 11 is 0. The first-order valence-corrected chi connectivity index (χ1v) is 8.44. The molecule has 6 nitrogen and oxygen atoms in total. The number of fused-ring (bicyclic) bond motifs is 1. The minimum Gasteiger partial charge on any atom is -0.356 e. The molecule has 1 aliphatic heterocycles. The Kier molecular flexibility index (Phi) is 4.83. The van der Waals surface area contributed by atoms with Crippen molar-refractivity contribution in [3.63, 3.8) is 0 Å². The highest BCUT2D eigenvalue weighted by molar-refractivity contribution is 5.88. The van der Waals surface area contributed by atoms with Gasteiger partial charge in [-0.05, 0) is 43.9 Å². The number of hydrogen-bond acceptors (Lipinski definition) is 4. The van der Waals surface area contributed by atoms with Gasteiger partial charge in [0.1, 0.15) is 5.69 Å². The summed E-state index contributed by atoms with van der Waals surface area (Å²) in [4.78, 5) is 25.5. The zero-order chi connectivity index (χ0) is 17.1. The summed E-state index contributed by atoms with van der Waals surface area (Å²) in [5.74, 6) is 0.151. The van der Waals surface area contributed by atoms with E-state index in [-0.39, 0.29) is 18.2 Å². The number of aryl methyl sites for hydroxylation is 2. The second-order valence-electron chi connectivity index (χ2n) is 6.45. The van der Waals surface area contributed by atoms with Crippen LogP contribution in [-0.4, -0.2) is 41.5 Å².